The maximum Gasteiger partial charge on any atom is 0.0916 e. The Labute approximate surface area is 117 Å². The Morgan fingerprint density at radius 3 is 2.63 bits per heavy atom. The van der Waals surface area contributed by atoms with Crippen molar-refractivity contribution in [2.24, 2.45) is 5.92 Å². The lowest BCUT2D eigenvalue weighted by Gasteiger charge is -2.33. The van der Waals surface area contributed by atoms with Crippen molar-refractivity contribution >= 4 is 0 Å². The molecule has 2 nitrogen and oxygen atoms in total. The minimum atomic E-state index is -0.346. The second-order valence-corrected chi connectivity index (χ2v) is 5.79. The minimum Gasteiger partial charge on any atom is -0.387 e. The summed E-state index contributed by atoms with van der Waals surface area (Å²) >= 11 is 0. The van der Waals surface area contributed by atoms with Gasteiger partial charge in [0.05, 0.1) is 6.10 Å². The first-order valence-electron chi connectivity index (χ1n) is 7.72. The van der Waals surface area contributed by atoms with Crippen LogP contribution in [0.3, 0.4) is 0 Å². The highest BCUT2D eigenvalue weighted by molar-refractivity contribution is 5.24. The molecule has 0 radical (unpaired) electrons. The van der Waals surface area contributed by atoms with Gasteiger partial charge < -0.3 is 10.0 Å². The predicted molar refractivity (Wildman–Crippen MR) is 80.2 cm³/mol. The second kappa shape index (κ2) is 7.06. The van der Waals surface area contributed by atoms with E-state index in [0.717, 1.165) is 37.5 Å². The molecule has 106 valence electrons. The normalized spacial score (nSPS) is 22.4. The van der Waals surface area contributed by atoms with Crippen molar-refractivity contribution in [3.63, 3.8) is 0 Å². The van der Waals surface area contributed by atoms with Gasteiger partial charge >= 0.3 is 0 Å². The third-order valence-corrected chi connectivity index (χ3v) is 4.38. The molecule has 2 rings (SSSR count). The van der Waals surface area contributed by atoms with Crippen LogP contribution in [-0.4, -0.2) is 29.6 Å². The van der Waals surface area contributed by atoms with E-state index in [0.29, 0.717) is 0 Å². The van der Waals surface area contributed by atoms with Crippen LogP contribution in [0.25, 0.3) is 0 Å². The third-order valence-electron chi connectivity index (χ3n) is 4.38. The third kappa shape index (κ3) is 4.05. The van der Waals surface area contributed by atoms with Gasteiger partial charge in [-0.3, -0.25) is 0 Å². The average Bonchev–Trinajstić information content (AvgIpc) is 2.47. The van der Waals surface area contributed by atoms with Crippen molar-refractivity contribution in [3.05, 3.63) is 35.4 Å². The van der Waals surface area contributed by atoms with Crippen LogP contribution >= 0.6 is 0 Å². The molecule has 0 saturated carbocycles. The summed E-state index contributed by atoms with van der Waals surface area (Å²) in [6.45, 7) is 7.50. The van der Waals surface area contributed by atoms with Gasteiger partial charge in [0.25, 0.3) is 0 Å². The molecule has 1 aromatic rings. The number of aryl methyl sites for hydroxylation is 1. The lowest BCUT2D eigenvalue weighted by Crippen LogP contribution is -2.37. The van der Waals surface area contributed by atoms with Crippen LogP contribution in [0.5, 0.6) is 0 Å². The van der Waals surface area contributed by atoms with E-state index in [2.05, 4.69) is 43.0 Å². The van der Waals surface area contributed by atoms with E-state index < -0.39 is 0 Å². The van der Waals surface area contributed by atoms with E-state index in [1.165, 1.54) is 24.8 Å². The molecule has 1 aromatic carbocycles. The average molecular weight is 261 g/mol. The Bertz CT molecular complexity index is 373. The molecule has 0 aliphatic carbocycles. The van der Waals surface area contributed by atoms with Crippen LogP contribution in [0.2, 0.25) is 0 Å². The van der Waals surface area contributed by atoms with Crippen molar-refractivity contribution < 1.29 is 5.11 Å². The number of hydrogen-bond acceptors (Lipinski definition) is 2. The monoisotopic (exact) mass is 261 g/mol. The first-order valence-corrected chi connectivity index (χ1v) is 7.72. The number of hydrogen-bond donors (Lipinski definition) is 1. The number of aliphatic hydroxyl groups is 1. The molecule has 1 aliphatic heterocycles. The number of rotatable bonds is 5. The van der Waals surface area contributed by atoms with Crippen molar-refractivity contribution in [2.45, 2.75) is 45.6 Å². The SMILES string of the molecule is CCc1ccc(C(O)CN2CCCC(CC)C2)cc1. The molecule has 1 fully saturated rings. The maximum absolute atomic E-state index is 10.4. The molecule has 0 aromatic heterocycles. The zero-order valence-electron chi connectivity index (χ0n) is 12.3. The number of β-amino-alcohol motifs (C(OH)–C–C–N with tert-alkyl or cyclic N) is 1. The molecule has 19 heavy (non-hydrogen) atoms. The summed E-state index contributed by atoms with van der Waals surface area (Å²) in [6, 6.07) is 8.41. The molecule has 0 spiro atoms. The van der Waals surface area contributed by atoms with Crippen LogP contribution < -0.4 is 0 Å². The molecule has 2 heteroatoms. The van der Waals surface area contributed by atoms with E-state index in [9.17, 15) is 5.11 Å². The summed E-state index contributed by atoms with van der Waals surface area (Å²) in [5.41, 5.74) is 2.38. The first-order chi connectivity index (χ1) is 9.22. The molecule has 2 atom stereocenters. The fourth-order valence-corrected chi connectivity index (χ4v) is 2.98. The molecule has 1 N–H and O–H groups in total. The van der Waals surface area contributed by atoms with E-state index in [4.69, 9.17) is 0 Å². The van der Waals surface area contributed by atoms with Crippen LogP contribution in [0.15, 0.2) is 24.3 Å². The predicted octanol–water partition coefficient (Wildman–Crippen LogP) is 3.40. The van der Waals surface area contributed by atoms with Gasteiger partial charge in [0.15, 0.2) is 0 Å². The van der Waals surface area contributed by atoms with Crippen molar-refractivity contribution in [1.82, 2.24) is 4.90 Å². The van der Waals surface area contributed by atoms with E-state index in [1.807, 2.05) is 0 Å². The fourth-order valence-electron chi connectivity index (χ4n) is 2.98. The molecular weight excluding hydrogens is 234 g/mol. The van der Waals surface area contributed by atoms with Gasteiger partial charge in [0.1, 0.15) is 0 Å². The van der Waals surface area contributed by atoms with E-state index in [-0.39, 0.29) is 6.10 Å². The Morgan fingerprint density at radius 2 is 2.00 bits per heavy atom. The zero-order valence-corrected chi connectivity index (χ0v) is 12.3. The highest BCUT2D eigenvalue weighted by atomic mass is 16.3. The topological polar surface area (TPSA) is 23.5 Å². The lowest BCUT2D eigenvalue weighted by atomic mass is 9.95. The highest BCUT2D eigenvalue weighted by Crippen LogP contribution is 2.22. The van der Waals surface area contributed by atoms with Crippen molar-refractivity contribution in [1.29, 1.82) is 0 Å². The lowest BCUT2D eigenvalue weighted by molar-refractivity contribution is 0.0836. The largest absolute Gasteiger partial charge is 0.387 e. The van der Waals surface area contributed by atoms with Crippen LogP contribution in [0, 0.1) is 5.92 Å². The van der Waals surface area contributed by atoms with Crippen LogP contribution in [0.4, 0.5) is 0 Å². The van der Waals surface area contributed by atoms with Crippen LogP contribution in [-0.2, 0) is 6.42 Å². The smallest absolute Gasteiger partial charge is 0.0916 e. The van der Waals surface area contributed by atoms with Crippen molar-refractivity contribution in [3.8, 4) is 0 Å². The number of benzene rings is 1. The number of likely N-dealkylation sites (tertiary alicyclic amines) is 1. The summed E-state index contributed by atoms with van der Waals surface area (Å²) in [6.07, 6.45) is 4.61. The second-order valence-electron chi connectivity index (χ2n) is 5.79. The Kier molecular flexibility index (Phi) is 5.41. The number of piperidine rings is 1. The number of nitrogens with zero attached hydrogens (tertiary/aromatic N) is 1. The number of aliphatic hydroxyl groups excluding tert-OH is 1. The first kappa shape index (κ1) is 14.5. The van der Waals surface area contributed by atoms with E-state index >= 15 is 0 Å². The summed E-state index contributed by atoms with van der Waals surface area (Å²) in [4.78, 5) is 2.43. The summed E-state index contributed by atoms with van der Waals surface area (Å²) in [5.74, 6) is 0.823. The van der Waals surface area contributed by atoms with E-state index in [1.54, 1.807) is 0 Å². The van der Waals surface area contributed by atoms with Gasteiger partial charge in [-0.15, -0.1) is 0 Å². The standard InChI is InChI=1S/C17H27NO/c1-3-14-7-9-16(10-8-14)17(19)13-18-11-5-6-15(4-2)12-18/h7-10,15,17,19H,3-6,11-13H2,1-2H3. The van der Waals surface area contributed by atoms with Gasteiger partial charge in [-0.05, 0) is 42.9 Å². The molecule has 2 unspecified atom stereocenters. The molecule has 1 aliphatic rings. The highest BCUT2D eigenvalue weighted by Gasteiger charge is 2.21. The molecule has 0 amide bonds. The fraction of sp³-hybridized carbons (Fsp3) is 0.647. The van der Waals surface area contributed by atoms with Gasteiger partial charge in [-0.25, -0.2) is 0 Å². The molecular formula is C17H27NO. The van der Waals surface area contributed by atoms with Crippen LogP contribution in [0.1, 0.15) is 50.3 Å². The Morgan fingerprint density at radius 1 is 1.26 bits per heavy atom. The summed E-state index contributed by atoms with van der Waals surface area (Å²) in [7, 11) is 0. The summed E-state index contributed by atoms with van der Waals surface area (Å²) < 4.78 is 0. The quantitative estimate of drug-likeness (QED) is 0.878. The Balaban J connectivity index is 1.90. The molecule has 1 saturated heterocycles. The van der Waals surface area contributed by atoms with Gasteiger partial charge in [0.2, 0.25) is 0 Å². The Hall–Kier alpha value is -0.860. The maximum atomic E-state index is 10.4. The molecule has 1 heterocycles. The van der Waals surface area contributed by atoms with Gasteiger partial charge in [0, 0.05) is 13.1 Å². The minimum absolute atomic E-state index is 0.346. The summed E-state index contributed by atoms with van der Waals surface area (Å²) in [5, 5.41) is 10.4. The van der Waals surface area contributed by atoms with Gasteiger partial charge in [-0.1, -0.05) is 44.5 Å². The zero-order chi connectivity index (χ0) is 13.7. The van der Waals surface area contributed by atoms with Crippen molar-refractivity contribution in [2.75, 3.05) is 19.6 Å². The van der Waals surface area contributed by atoms with Gasteiger partial charge in [-0.2, -0.15) is 0 Å². The molecule has 0 bridgehead atoms.